The third-order valence-electron chi connectivity index (χ3n) is 6.30. The summed E-state index contributed by atoms with van der Waals surface area (Å²) in [4.78, 5) is 3.32. The molecular formula is C23H22FN5O. The molecule has 4 heterocycles. The van der Waals surface area contributed by atoms with Gasteiger partial charge in [0.2, 0.25) is 0 Å². The van der Waals surface area contributed by atoms with Crippen LogP contribution in [0.5, 0.6) is 5.75 Å². The number of hydrogen-bond acceptors (Lipinski definition) is 4. The fourth-order valence-corrected chi connectivity index (χ4v) is 4.88. The lowest BCUT2D eigenvalue weighted by Gasteiger charge is -2.35. The number of H-pyrrole nitrogens is 1. The Labute approximate surface area is 173 Å². The van der Waals surface area contributed by atoms with Gasteiger partial charge in [-0.05, 0) is 33.3 Å². The molecule has 0 aliphatic carbocycles. The number of nitrogens with one attached hydrogen (secondary N) is 2. The van der Waals surface area contributed by atoms with Crippen molar-refractivity contribution in [3.63, 3.8) is 0 Å². The maximum absolute atomic E-state index is 16.4. The van der Waals surface area contributed by atoms with Crippen LogP contribution < -0.4 is 10.1 Å². The summed E-state index contributed by atoms with van der Waals surface area (Å²) in [5.74, 6) is 1.67. The first-order valence-electron chi connectivity index (χ1n) is 10.2. The van der Waals surface area contributed by atoms with E-state index in [2.05, 4.69) is 20.5 Å². The monoisotopic (exact) mass is 403 g/mol. The van der Waals surface area contributed by atoms with E-state index in [1.807, 2.05) is 56.7 Å². The zero-order valence-electron chi connectivity index (χ0n) is 17.4. The summed E-state index contributed by atoms with van der Waals surface area (Å²) < 4.78 is 24.3. The van der Waals surface area contributed by atoms with Crippen molar-refractivity contribution in [2.45, 2.75) is 39.7 Å². The van der Waals surface area contributed by atoms with Crippen LogP contribution in [0.4, 0.5) is 10.1 Å². The predicted octanol–water partition coefficient (Wildman–Crippen LogP) is 4.77. The summed E-state index contributed by atoms with van der Waals surface area (Å²) >= 11 is 0. The molecule has 0 unspecified atom stereocenters. The predicted molar refractivity (Wildman–Crippen MR) is 114 cm³/mol. The van der Waals surface area contributed by atoms with Gasteiger partial charge in [-0.25, -0.2) is 4.39 Å². The fraction of sp³-hybridized carbons (Fsp3) is 0.304. The van der Waals surface area contributed by atoms with Gasteiger partial charge in [0.1, 0.15) is 17.3 Å². The summed E-state index contributed by atoms with van der Waals surface area (Å²) in [5, 5.41) is 13.2. The van der Waals surface area contributed by atoms with Gasteiger partial charge in [0.15, 0.2) is 11.6 Å². The van der Waals surface area contributed by atoms with Gasteiger partial charge < -0.3 is 15.0 Å². The third-order valence-corrected chi connectivity index (χ3v) is 6.30. The second-order valence-electron chi connectivity index (χ2n) is 8.67. The molecule has 0 saturated heterocycles. The van der Waals surface area contributed by atoms with Crippen LogP contribution in [0.15, 0.2) is 24.4 Å². The number of hydrogen-bond donors (Lipinski definition) is 2. The van der Waals surface area contributed by atoms with Crippen molar-refractivity contribution in [2.24, 2.45) is 0 Å². The first-order valence-corrected chi connectivity index (χ1v) is 10.2. The minimum Gasteiger partial charge on any atom is -0.492 e. The van der Waals surface area contributed by atoms with Crippen LogP contribution in [0.3, 0.4) is 0 Å². The van der Waals surface area contributed by atoms with E-state index in [1.165, 1.54) is 0 Å². The van der Waals surface area contributed by atoms with Gasteiger partial charge in [-0.3, -0.25) is 4.57 Å². The highest BCUT2D eigenvalue weighted by atomic mass is 19.1. The minimum absolute atomic E-state index is 0.322. The highest BCUT2D eigenvalue weighted by Gasteiger charge is 2.40. The molecule has 6 nitrogen and oxygen atoms in total. The Morgan fingerprint density at radius 1 is 1.20 bits per heavy atom. The summed E-state index contributed by atoms with van der Waals surface area (Å²) in [6, 6.07) is 5.97. The van der Waals surface area contributed by atoms with Crippen molar-refractivity contribution >= 4 is 16.6 Å². The average molecular weight is 403 g/mol. The molecule has 6 rings (SSSR count). The Bertz CT molecular complexity index is 1360. The van der Waals surface area contributed by atoms with E-state index in [0.29, 0.717) is 35.3 Å². The van der Waals surface area contributed by atoms with Gasteiger partial charge in [-0.2, -0.15) is 0 Å². The number of benzene rings is 2. The molecule has 0 saturated carbocycles. The lowest BCUT2D eigenvalue weighted by molar-refractivity contribution is 0.356. The molecule has 30 heavy (non-hydrogen) atoms. The van der Waals surface area contributed by atoms with Crippen molar-refractivity contribution in [3.05, 3.63) is 53.0 Å². The summed E-state index contributed by atoms with van der Waals surface area (Å²) in [5.41, 5.74) is 5.12. The third kappa shape index (κ3) is 2.07. The summed E-state index contributed by atoms with van der Waals surface area (Å²) in [6.07, 6.45) is 2.68. The second-order valence-corrected chi connectivity index (χ2v) is 8.67. The average Bonchev–Trinajstić information content (AvgIpc) is 3.42. The molecule has 7 heteroatoms. The first kappa shape index (κ1) is 17.5. The van der Waals surface area contributed by atoms with E-state index in [-0.39, 0.29) is 5.82 Å². The van der Waals surface area contributed by atoms with E-state index in [9.17, 15) is 0 Å². The van der Waals surface area contributed by atoms with E-state index < -0.39 is 5.54 Å². The Hall–Kier alpha value is -3.35. The van der Waals surface area contributed by atoms with E-state index in [0.717, 1.165) is 39.7 Å². The van der Waals surface area contributed by atoms with Crippen molar-refractivity contribution in [2.75, 3.05) is 11.9 Å². The minimum atomic E-state index is -0.477. The fourth-order valence-electron chi connectivity index (χ4n) is 4.88. The molecule has 0 atom stereocenters. The van der Waals surface area contributed by atoms with Crippen LogP contribution >= 0.6 is 0 Å². The molecule has 4 aromatic rings. The highest BCUT2D eigenvalue weighted by molar-refractivity contribution is 5.99. The van der Waals surface area contributed by atoms with Crippen LogP contribution in [0.1, 0.15) is 36.6 Å². The van der Waals surface area contributed by atoms with Crippen molar-refractivity contribution in [1.82, 2.24) is 19.7 Å². The van der Waals surface area contributed by atoms with E-state index in [4.69, 9.17) is 4.74 Å². The maximum atomic E-state index is 16.4. The van der Waals surface area contributed by atoms with Gasteiger partial charge >= 0.3 is 0 Å². The number of aryl methyl sites for hydroxylation is 2. The van der Waals surface area contributed by atoms with Crippen LogP contribution in [0.25, 0.3) is 27.7 Å². The Morgan fingerprint density at radius 2 is 2.03 bits per heavy atom. The molecule has 2 aromatic heterocycles. The van der Waals surface area contributed by atoms with Crippen molar-refractivity contribution in [1.29, 1.82) is 0 Å². The number of rotatable bonds is 1. The normalized spacial score (nSPS) is 16.0. The number of fused-ring (bicyclic) bond motifs is 6. The highest BCUT2D eigenvalue weighted by Crippen LogP contribution is 2.51. The Morgan fingerprint density at radius 3 is 2.87 bits per heavy atom. The lowest BCUT2D eigenvalue weighted by atomic mass is 9.92. The molecule has 2 aliphatic rings. The smallest absolute Gasteiger partial charge is 0.162 e. The number of halogens is 1. The van der Waals surface area contributed by atoms with E-state index in [1.54, 1.807) is 0 Å². The largest absolute Gasteiger partial charge is 0.492 e. The van der Waals surface area contributed by atoms with Crippen LogP contribution in [0.2, 0.25) is 0 Å². The maximum Gasteiger partial charge on any atom is 0.162 e. The zero-order valence-corrected chi connectivity index (χ0v) is 17.4. The molecule has 2 aliphatic heterocycles. The van der Waals surface area contributed by atoms with Gasteiger partial charge in [0, 0.05) is 29.1 Å². The Balaban J connectivity index is 1.75. The summed E-state index contributed by atoms with van der Waals surface area (Å²) in [6.45, 7) is 8.51. The molecule has 0 bridgehead atoms. The standard InChI is InChI=1S/C23H22FN5O/c1-11-10-25-18-13(11)6-5-7-14(18)16-17(24)20-19(15-8-9-30-21(15)16)26-23(3,4)22-28-27-12(2)29(20)22/h5-7,10,25-26H,8-9H2,1-4H3. The van der Waals surface area contributed by atoms with Crippen LogP contribution in [-0.2, 0) is 12.0 Å². The number of aromatic nitrogens is 4. The van der Waals surface area contributed by atoms with Crippen molar-refractivity contribution < 1.29 is 9.13 Å². The molecule has 0 spiro atoms. The van der Waals surface area contributed by atoms with Gasteiger partial charge in [0.05, 0.1) is 28.9 Å². The summed E-state index contributed by atoms with van der Waals surface area (Å²) in [7, 11) is 0. The van der Waals surface area contributed by atoms with Gasteiger partial charge in [-0.15, -0.1) is 10.2 Å². The van der Waals surface area contributed by atoms with E-state index >= 15 is 4.39 Å². The molecule has 0 amide bonds. The number of nitrogens with zero attached hydrogens (tertiary/aromatic N) is 3. The number of aromatic amines is 1. The van der Waals surface area contributed by atoms with Crippen LogP contribution in [0, 0.1) is 19.7 Å². The van der Waals surface area contributed by atoms with Gasteiger partial charge in [-0.1, -0.05) is 18.2 Å². The second kappa shape index (κ2) is 5.62. The molecule has 2 N–H and O–H groups in total. The van der Waals surface area contributed by atoms with Crippen molar-refractivity contribution in [3.8, 4) is 22.6 Å². The number of ether oxygens (including phenoxy) is 1. The first-order chi connectivity index (χ1) is 14.4. The Kier molecular flexibility index (Phi) is 3.28. The topological polar surface area (TPSA) is 67.8 Å². The molecule has 0 radical (unpaired) electrons. The zero-order chi connectivity index (χ0) is 20.8. The quantitative estimate of drug-likeness (QED) is 0.481. The number of para-hydroxylation sites is 1. The molecule has 2 aromatic carbocycles. The molecule has 152 valence electrons. The molecular weight excluding hydrogens is 381 g/mol. The SMILES string of the molecule is Cc1c[nH]c2c(-c3c(F)c4c(c5c3OCC5)NC(C)(C)c3nnc(C)n3-4)cccc12. The number of anilines is 1. The molecule has 0 fully saturated rings. The van der Waals surface area contributed by atoms with Gasteiger partial charge in [0.25, 0.3) is 0 Å². The lowest BCUT2D eigenvalue weighted by Crippen LogP contribution is -2.37. The van der Waals surface area contributed by atoms with Crippen LogP contribution in [-0.4, -0.2) is 26.4 Å².